The number of nitrogens with one attached hydrogen (secondary N) is 1. The van der Waals surface area contributed by atoms with Gasteiger partial charge in [-0.05, 0) is 49.2 Å². The van der Waals surface area contributed by atoms with Crippen LogP contribution >= 0.6 is 0 Å². The van der Waals surface area contributed by atoms with Crippen molar-refractivity contribution in [3.63, 3.8) is 0 Å². The zero-order valence-electron chi connectivity index (χ0n) is 15.4. The van der Waals surface area contributed by atoms with Crippen molar-refractivity contribution in [3.05, 3.63) is 65.6 Å². The van der Waals surface area contributed by atoms with Gasteiger partial charge < -0.3 is 15.6 Å². The number of aromatic amines is 1. The molecule has 0 spiro atoms. The maximum absolute atomic E-state index is 15.1. The molecule has 1 aromatic heterocycles. The first-order valence-electron chi connectivity index (χ1n) is 8.38. The third-order valence-corrected chi connectivity index (χ3v) is 4.82. The highest BCUT2D eigenvalue weighted by Gasteiger charge is 2.21. The summed E-state index contributed by atoms with van der Waals surface area (Å²) in [6, 6.07) is 8.15. The van der Waals surface area contributed by atoms with E-state index in [1.54, 1.807) is 31.3 Å². The van der Waals surface area contributed by atoms with Crippen LogP contribution in [0, 0.1) is 19.7 Å². The second kappa shape index (κ2) is 6.72. The molecule has 6 heteroatoms. The Kier molecular flexibility index (Phi) is 4.57. The Balaban J connectivity index is 2.31. The number of aryl methyl sites for hydroxylation is 2. The summed E-state index contributed by atoms with van der Waals surface area (Å²) in [4.78, 5) is 28.2. The van der Waals surface area contributed by atoms with E-state index in [1.165, 1.54) is 11.0 Å². The zero-order valence-corrected chi connectivity index (χ0v) is 15.4. The molecule has 0 atom stereocenters. The maximum atomic E-state index is 15.1. The highest BCUT2D eigenvalue weighted by Crippen LogP contribution is 2.37. The Labute approximate surface area is 156 Å². The number of hydrogen-bond donors (Lipinski definition) is 2. The first kappa shape index (κ1) is 18.4. The summed E-state index contributed by atoms with van der Waals surface area (Å²) in [5.41, 5.74) is 9.27. The van der Waals surface area contributed by atoms with E-state index < -0.39 is 11.7 Å². The molecule has 3 N–H and O–H groups in total. The van der Waals surface area contributed by atoms with Crippen LogP contribution in [-0.4, -0.2) is 23.8 Å². The number of rotatable bonds is 4. The number of amides is 2. The van der Waals surface area contributed by atoms with Crippen molar-refractivity contribution in [2.45, 2.75) is 13.8 Å². The van der Waals surface area contributed by atoms with Gasteiger partial charge in [0.15, 0.2) is 0 Å². The van der Waals surface area contributed by atoms with E-state index in [-0.39, 0.29) is 11.5 Å². The van der Waals surface area contributed by atoms with Crippen LogP contribution in [0.1, 0.15) is 21.6 Å². The summed E-state index contributed by atoms with van der Waals surface area (Å²) >= 11 is 0. The van der Waals surface area contributed by atoms with E-state index in [0.29, 0.717) is 27.7 Å². The molecule has 0 saturated heterocycles. The number of likely N-dealkylation sites (N-methyl/N-ethyl adjacent to an activating group) is 1. The van der Waals surface area contributed by atoms with Crippen LogP contribution in [0.5, 0.6) is 0 Å². The minimum atomic E-state index is -0.697. The number of H-pyrrole nitrogens is 1. The SMILES string of the molecule is C=CC(=O)N(C)c1cccc(-c2c(F)cc(C(N)=O)c3[nH]c(C)c(C)c23)c1. The molecule has 2 aromatic carbocycles. The topological polar surface area (TPSA) is 79.2 Å². The lowest BCUT2D eigenvalue weighted by atomic mass is 9.95. The van der Waals surface area contributed by atoms with E-state index in [1.807, 2.05) is 13.8 Å². The van der Waals surface area contributed by atoms with Gasteiger partial charge in [-0.25, -0.2) is 4.39 Å². The van der Waals surface area contributed by atoms with E-state index in [2.05, 4.69) is 11.6 Å². The first-order chi connectivity index (χ1) is 12.8. The van der Waals surface area contributed by atoms with E-state index in [9.17, 15) is 9.59 Å². The van der Waals surface area contributed by atoms with Crippen molar-refractivity contribution < 1.29 is 14.0 Å². The van der Waals surface area contributed by atoms with Gasteiger partial charge in [0.25, 0.3) is 5.91 Å². The van der Waals surface area contributed by atoms with Crippen molar-refractivity contribution in [2.75, 3.05) is 11.9 Å². The molecule has 0 bridgehead atoms. The van der Waals surface area contributed by atoms with Crippen molar-refractivity contribution in [1.29, 1.82) is 0 Å². The Hall–Kier alpha value is -3.41. The van der Waals surface area contributed by atoms with Crippen LogP contribution in [0.3, 0.4) is 0 Å². The minimum absolute atomic E-state index is 0.109. The predicted octanol–water partition coefficient (Wildman–Crippen LogP) is 3.84. The van der Waals surface area contributed by atoms with Crippen molar-refractivity contribution in [1.82, 2.24) is 4.98 Å². The van der Waals surface area contributed by atoms with Gasteiger partial charge >= 0.3 is 0 Å². The summed E-state index contributed by atoms with van der Waals surface area (Å²) in [5.74, 6) is -1.51. The molecule has 0 fully saturated rings. The number of fused-ring (bicyclic) bond motifs is 1. The number of halogens is 1. The fourth-order valence-corrected chi connectivity index (χ4v) is 3.23. The number of benzene rings is 2. The maximum Gasteiger partial charge on any atom is 0.250 e. The second-order valence-corrected chi connectivity index (χ2v) is 6.42. The smallest absolute Gasteiger partial charge is 0.250 e. The van der Waals surface area contributed by atoms with Crippen LogP contribution < -0.4 is 10.6 Å². The molecule has 2 amide bonds. The summed E-state index contributed by atoms with van der Waals surface area (Å²) in [6.45, 7) is 7.20. The number of nitrogens with two attached hydrogens (primary N) is 1. The van der Waals surface area contributed by atoms with Gasteiger partial charge in [0.1, 0.15) is 5.82 Å². The summed E-state index contributed by atoms with van der Waals surface area (Å²) in [6.07, 6.45) is 1.22. The van der Waals surface area contributed by atoms with E-state index in [0.717, 1.165) is 17.3 Å². The van der Waals surface area contributed by atoms with Crippen LogP contribution in [0.25, 0.3) is 22.0 Å². The number of nitrogens with zero attached hydrogens (tertiary/aromatic N) is 1. The largest absolute Gasteiger partial charge is 0.366 e. The molecule has 3 aromatic rings. The molecule has 27 heavy (non-hydrogen) atoms. The van der Waals surface area contributed by atoms with Crippen LogP contribution in [-0.2, 0) is 4.79 Å². The Morgan fingerprint density at radius 2 is 1.96 bits per heavy atom. The lowest BCUT2D eigenvalue weighted by molar-refractivity contribution is -0.113. The van der Waals surface area contributed by atoms with Gasteiger partial charge in [-0.2, -0.15) is 0 Å². The molecular formula is C21H20FN3O2. The molecule has 0 radical (unpaired) electrons. The molecule has 5 nitrogen and oxygen atoms in total. The number of primary amides is 1. The normalized spacial score (nSPS) is 10.8. The highest BCUT2D eigenvalue weighted by molar-refractivity contribution is 6.11. The monoisotopic (exact) mass is 365 g/mol. The molecule has 0 aliphatic carbocycles. The Morgan fingerprint density at radius 1 is 1.26 bits per heavy atom. The minimum Gasteiger partial charge on any atom is -0.366 e. The van der Waals surface area contributed by atoms with Crippen molar-refractivity contribution in [2.24, 2.45) is 5.73 Å². The number of carbonyl (C=O) groups is 2. The van der Waals surface area contributed by atoms with Crippen LogP contribution in [0.15, 0.2) is 43.0 Å². The molecule has 0 aliphatic rings. The molecule has 0 aliphatic heterocycles. The van der Waals surface area contributed by atoms with E-state index >= 15 is 4.39 Å². The standard InChI is InChI=1S/C21H20FN3O2/c1-5-17(26)25(4)14-8-6-7-13(9-14)19-16(22)10-15(21(23)27)20-18(19)11(2)12(3)24-20/h5-10,24H,1H2,2-4H3,(H2,23,27). The molecule has 0 saturated carbocycles. The molecule has 1 heterocycles. The number of aromatic nitrogens is 1. The Morgan fingerprint density at radius 3 is 2.59 bits per heavy atom. The van der Waals surface area contributed by atoms with Crippen molar-refractivity contribution in [3.8, 4) is 11.1 Å². The average molecular weight is 365 g/mol. The van der Waals surface area contributed by atoms with Gasteiger partial charge in [-0.1, -0.05) is 18.7 Å². The summed E-state index contributed by atoms with van der Waals surface area (Å²) < 4.78 is 15.1. The summed E-state index contributed by atoms with van der Waals surface area (Å²) in [5, 5.41) is 0.608. The highest BCUT2D eigenvalue weighted by atomic mass is 19.1. The lowest BCUT2D eigenvalue weighted by Crippen LogP contribution is -2.23. The molecule has 138 valence electrons. The third-order valence-electron chi connectivity index (χ3n) is 4.82. The van der Waals surface area contributed by atoms with Crippen LogP contribution in [0.4, 0.5) is 10.1 Å². The quantitative estimate of drug-likeness (QED) is 0.689. The number of carbonyl (C=O) groups excluding carboxylic acids is 2. The molecule has 0 unspecified atom stereocenters. The number of hydrogen-bond acceptors (Lipinski definition) is 2. The van der Waals surface area contributed by atoms with Gasteiger partial charge in [0.05, 0.1) is 11.1 Å². The predicted molar refractivity (Wildman–Crippen MR) is 105 cm³/mol. The lowest BCUT2D eigenvalue weighted by Gasteiger charge is -2.17. The van der Waals surface area contributed by atoms with Gasteiger partial charge in [-0.15, -0.1) is 0 Å². The fourth-order valence-electron chi connectivity index (χ4n) is 3.23. The van der Waals surface area contributed by atoms with Gasteiger partial charge in [0.2, 0.25) is 5.91 Å². The second-order valence-electron chi connectivity index (χ2n) is 6.42. The van der Waals surface area contributed by atoms with E-state index in [4.69, 9.17) is 5.73 Å². The third kappa shape index (κ3) is 2.99. The van der Waals surface area contributed by atoms with Crippen LogP contribution in [0.2, 0.25) is 0 Å². The summed E-state index contributed by atoms with van der Waals surface area (Å²) in [7, 11) is 1.62. The fraction of sp³-hybridized carbons (Fsp3) is 0.143. The van der Waals surface area contributed by atoms with Gasteiger partial charge in [-0.3, -0.25) is 9.59 Å². The van der Waals surface area contributed by atoms with Gasteiger partial charge in [0, 0.05) is 29.4 Å². The number of anilines is 1. The first-order valence-corrected chi connectivity index (χ1v) is 8.38. The molecular weight excluding hydrogens is 345 g/mol. The molecule has 3 rings (SSSR count). The zero-order chi connectivity index (χ0) is 19.9. The Bertz CT molecular complexity index is 1100. The van der Waals surface area contributed by atoms with Crippen molar-refractivity contribution >= 4 is 28.4 Å². The average Bonchev–Trinajstić information content (AvgIpc) is 2.94.